The summed E-state index contributed by atoms with van der Waals surface area (Å²) in [7, 11) is 4.93. The van der Waals surface area contributed by atoms with Crippen LogP contribution >= 0.6 is 0 Å². The number of hydrogen-bond donors (Lipinski definition) is 1. The smallest absolute Gasteiger partial charge is 0.257 e. The lowest BCUT2D eigenvalue weighted by molar-refractivity contribution is -0.119. The fourth-order valence-electron chi connectivity index (χ4n) is 4.29. The summed E-state index contributed by atoms with van der Waals surface area (Å²) in [6.45, 7) is 6.64. The molecule has 0 aromatic heterocycles. The van der Waals surface area contributed by atoms with Crippen LogP contribution in [-0.4, -0.2) is 81.3 Å². The van der Waals surface area contributed by atoms with Gasteiger partial charge in [-0.25, -0.2) is 0 Å². The minimum Gasteiger partial charge on any atom is -0.491 e. The minimum atomic E-state index is -0.275. The van der Waals surface area contributed by atoms with Crippen LogP contribution in [0.25, 0.3) is 0 Å². The van der Waals surface area contributed by atoms with E-state index in [1.54, 1.807) is 37.3 Å². The highest BCUT2D eigenvalue weighted by Gasteiger charge is 2.28. The first-order valence-electron chi connectivity index (χ1n) is 11.9. The molecule has 0 saturated heterocycles. The first-order valence-corrected chi connectivity index (χ1v) is 11.9. The second-order valence-corrected chi connectivity index (χ2v) is 9.20. The molecule has 3 rings (SSSR count). The SMILES string of the molecule is COCC(=O)Nc1ccc2c(c1)OC[C@@H](C)N(Cc1ccccc1)C[C@@H](C)[C@H](OC)CN(C)C2=O. The van der Waals surface area contributed by atoms with Crippen LogP contribution in [0.15, 0.2) is 48.5 Å². The van der Waals surface area contributed by atoms with Gasteiger partial charge in [-0.15, -0.1) is 0 Å². The van der Waals surface area contributed by atoms with Crippen molar-refractivity contribution in [1.82, 2.24) is 9.80 Å². The van der Waals surface area contributed by atoms with E-state index in [4.69, 9.17) is 14.2 Å². The van der Waals surface area contributed by atoms with Gasteiger partial charge in [0, 0.05) is 58.7 Å². The van der Waals surface area contributed by atoms with E-state index in [0.717, 1.165) is 13.1 Å². The van der Waals surface area contributed by atoms with Crippen LogP contribution in [-0.2, 0) is 20.8 Å². The molecule has 190 valence electrons. The van der Waals surface area contributed by atoms with E-state index in [9.17, 15) is 9.59 Å². The number of anilines is 1. The second kappa shape index (κ2) is 12.7. The average Bonchev–Trinajstić information content (AvgIpc) is 2.85. The molecule has 8 heteroatoms. The van der Waals surface area contributed by atoms with Gasteiger partial charge in [-0.1, -0.05) is 37.3 Å². The Morgan fingerprint density at radius 2 is 1.86 bits per heavy atom. The summed E-state index contributed by atoms with van der Waals surface area (Å²) < 4.78 is 16.9. The molecule has 0 aliphatic carbocycles. The summed E-state index contributed by atoms with van der Waals surface area (Å²) in [5.41, 5.74) is 2.22. The highest BCUT2D eigenvalue weighted by atomic mass is 16.5. The number of ether oxygens (including phenoxy) is 3. The quantitative estimate of drug-likeness (QED) is 0.679. The zero-order chi connectivity index (χ0) is 25.4. The molecule has 1 aliphatic heterocycles. The largest absolute Gasteiger partial charge is 0.491 e. The second-order valence-electron chi connectivity index (χ2n) is 9.20. The Morgan fingerprint density at radius 1 is 1.11 bits per heavy atom. The number of rotatable bonds is 6. The van der Waals surface area contributed by atoms with Crippen molar-refractivity contribution in [3.8, 4) is 5.75 Å². The Bertz CT molecular complexity index is 984. The molecule has 35 heavy (non-hydrogen) atoms. The third-order valence-corrected chi connectivity index (χ3v) is 6.36. The van der Waals surface area contributed by atoms with Crippen LogP contribution in [0.5, 0.6) is 5.75 Å². The number of benzene rings is 2. The molecule has 8 nitrogen and oxygen atoms in total. The summed E-state index contributed by atoms with van der Waals surface area (Å²) in [6, 6.07) is 15.5. The number of methoxy groups -OCH3 is 2. The monoisotopic (exact) mass is 483 g/mol. The van der Waals surface area contributed by atoms with Crippen molar-refractivity contribution in [3.05, 3.63) is 59.7 Å². The normalized spacial score (nSPS) is 21.9. The number of fused-ring (bicyclic) bond motifs is 1. The molecule has 0 unspecified atom stereocenters. The lowest BCUT2D eigenvalue weighted by Crippen LogP contribution is -2.46. The van der Waals surface area contributed by atoms with E-state index in [-0.39, 0.29) is 36.5 Å². The van der Waals surface area contributed by atoms with Crippen molar-refractivity contribution in [3.63, 3.8) is 0 Å². The molecule has 2 aromatic carbocycles. The van der Waals surface area contributed by atoms with Crippen LogP contribution in [0.4, 0.5) is 5.69 Å². The Kier molecular flexibility index (Phi) is 9.65. The van der Waals surface area contributed by atoms with Crippen LogP contribution < -0.4 is 10.1 Å². The number of likely N-dealkylation sites (N-methyl/N-ethyl adjacent to an activating group) is 1. The van der Waals surface area contributed by atoms with Crippen LogP contribution in [0, 0.1) is 5.92 Å². The zero-order valence-corrected chi connectivity index (χ0v) is 21.3. The maximum absolute atomic E-state index is 13.3. The molecule has 2 aromatic rings. The zero-order valence-electron chi connectivity index (χ0n) is 21.3. The molecule has 0 bridgehead atoms. The Labute approximate surface area is 208 Å². The molecule has 1 aliphatic rings. The van der Waals surface area contributed by atoms with Gasteiger partial charge >= 0.3 is 0 Å². The number of amides is 2. The van der Waals surface area contributed by atoms with Crippen molar-refractivity contribution in [2.75, 3.05) is 52.9 Å². The highest BCUT2D eigenvalue weighted by Crippen LogP contribution is 2.27. The van der Waals surface area contributed by atoms with Gasteiger partial charge in [0.25, 0.3) is 5.91 Å². The molecule has 1 heterocycles. The van der Waals surface area contributed by atoms with E-state index < -0.39 is 0 Å². The van der Waals surface area contributed by atoms with Crippen molar-refractivity contribution in [2.24, 2.45) is 5.92 Å². The van der Waals surface area contributed by atoms with Crippen molar-refractivity contribution in [1.29, 1.82) is 0 Å². The molecular formula is C27H37N3O5. The number of hydrogen-bond acceptors (Lipinski definition) is 6. The first-order chi connectivity index (χ1) is 16.8. The molecule has 0 fully saturated rings. The van der Waals surface area contributed by atoms with Crippen LogP contribution in [0.2, 0.25) is 0 Å². The fraction of sp³-hybridized carbons (Fsp3) is 0.481. The molecule has 0 spiro atoms. The summed E-state index contributed by atoms with van der Waals surface area (Å²) in [6.07, 6.45) is -0.120. The van der Waals surface area contributed by atoms with Gasteiger partial charge in [0.2, 0.25) is 5.91 Å². The van der Waals surface area contributed by atoms with E-state index in [2.05, 4.69) is 36.2 Å². The van der Waals surface area contributed by atoms with Gasteiger partial charge in [0.05, 0.1) is 11.7 Å². The molecule has 1 N–H and O–H groups in total. The lowest BCUT2D eigenvalue weighted by atomic mass is 10.0. The lowest BCUT2D eigenvalue weighted by Gasteiger charge is -2.36. The summed E-state index contributed by atoms with van der Waals surface area (Å²) in [5.74, 6) is 0.201. The van der Waals surface area contributed by atoms with E-state index in [0.29, 0.717) is 30.2 Å². The van der Waals surface area contributed by atoms with Crippen LogP contribution in [0.1, 0.15) is 29.8 Å². The van der Waals surface area contributed by atoms with Crippen molar-refractivity contribution in [2.45, 2.75) is 32.5 Å². The van der Waals surface area contributed by atoms with Gasteiger partial charge in [0.1, 0.15) is 19.0 Å². The van der Waals surface area contributed by atoms with Gasteiger partial charge < -0.3 is 24.4 Å². The number of nitrogens with one attached hydrogen (secondary N) is 1. The van der Waals surface area contributed by atoms with Gasteiger partial charge in [0.15, 0.2) is 0 Å². The van der Waals surface area contributed by atoms with Gasteiger partial charge in [-0.3, -0.25) is 14.5 Å². The molecular weight excluding hydrogens is 446 g/mol. The average molecular weight is 484 g/mol. The summed E-state index contributed by atoms with van der Waals surface area (Å²) in [4.78, 5) is 29.4. The number of nitrogens with zero attached hydrogens (tertiary/aromatic N) is 2. The minimum absolute atomic E-state index is 0.0539. The standard InChI is InChI=1S/C27H37N3O5/c1-19-14-30(15-21-9-7-6-8-10-21)20(2)17-35-24-13-22(28-26(31)18-33-4)11-12-23(24)27(32)29(3)16-25(19)34-5/h6-13,19-20,25H,14-18H2,1-5H3,(H,28,31)/t19-,20-,25-/m1/s1. The van der Waals surface area contributed by atoms with E-state index >= 15 is 0 Å². The number of carbonyl (C=O) groups excluding carboxylic acids is 2. The van der Waals surface area contributed by atoms with Gasteiger partial charge in [-0.05, 0) is 30.5 Å². The molecule has 0 saturated carbocycles. The van der Waals surface area contributed by atoms with E-state index in [1.165, 1.54) is 12.7 Å². The maximum Gasteiger partial charge on any atom is 0.257 e. The van der Waals surface area contributed by atoms with Crippen LogP contribution in [0.3, 0.4) is 0 Å². The first kappa shape index (κ1) is 26.7. The maximum atomic E-state index is 13.3. The fourth-order valence-corrected chi connectivity index (χ4v) is 4.29. The van der Waals surface area contributed by atoms with Crippen molar-refractivity contribution >= 4 is 17.5 Å². The topological polar surface area (TPSA) is 80.3 Å². The summed E-state index contributed by atoms with van der Waals surface area (Å²) >= 11 is 0. The molecule has 0 radical (unpaired) electrons. The van der Waals surface area contributed by atoms with Gasteiger partial charge in [-0.2, -0.15) is 0 Å². The predicted octanol–water partition coefficient (Wildman–Crippen LogP) is 3.28. The Hall–Kier alpha value is -2.94. The highest BCUT2D eigenvalue weighted by molar-refractivity contribution is 5.98. The third-order valence-electron chi connectivity index (χ3n) is 6.36. The Balaban J connectivity index is 1.92. The Morgan fingerprint density at radius 3 is 2.54 bits per heavy atom. The molecule has 2 amide bonds. The predicted molar refractivity (Wildman–Crippen MR) is 136 cm³/mol. The van der Waals surface area contributed by atoms with E-state index in [1.807, 2.05) is 18.2 Å². The third kappa shape index (κ3) is 7.27. The van der Waals surface area contributed by atoms with Crippen molar-refractivity contribution < 1.29 is 23.8 Å². The number of carbonyl (C=O) groups is 2. The molecule has 3 atom stereocenters. The summed E-state index contributed by atoms with van der Waals surface area (Å²) in [5, 5.41) is 2.78.